The van der Waals surface area contributed by atoms with Crippen molar-refractivity contribution in [2.45, 2.75) is 243 Å². The van der Waals surface area contributed by atoms with Crippen molar-refractivity contribution in [3.63, 3.8) is 0 Å². The molecule has 0 spiro atoms. The lowest BCUT2D eigenvalue weighted by atomic mass is 10.00. The van der Waals surface area contributed by atoms with E-state index >= 15 is 0 Å². The van der Waals surface area contributed by atoms with Crippen LogP contribution >= 0.6 is 0 Å². The topological polar surface area (TPSA) is 186 Å². The van der Waals surface area contributed by atoms with Gasteiger partial charge in [-0.3, -0.25) is 14.1 Å². The Bertz CT molecular complexity index is 1210. The maximum atomic E-state index is 12.8. The van der Waals surface area contributed by atoms with Crippen molar-refractivity contribution in [3.05, 3.63) is 24.3 Å². The van der Waals surface area contributed by atoms with E-state index in [1.807, 2.05) is 0 Å². The van der Waals surface area contributed by atoms with E-state index in [9.17, 15) is 37.9 Å². The molecule has 0 saturated carbocycles. The van der Waals surface area contributed by atoms with Crippen molar-refractivity contribution >= 4 is 22.1 Å². The predicted octanol–water partition coefficient (Wildman–Crippen LogP) is 10.0. The van der Waals surface area contributed by atoms with Crippen LogP contribution in [0, 0.1) is 0 Å². The van der Waals surface area contributed by atoms with Crippen LogP contribution in [-0.4, -0.2) is 96.0 Å². The molecule has 1 saturated heterocycles. The second-order valence-electron chi connectivity index (χ2n) is 16.8. The Kier molecular flexibility index (Phi) is 35.2. The van der Waals surface area contributed by atoms with E-state index in [2.05, 4.69) is 38.2 Å². The fourth-order valence-electron chi connectivity index (χ4n) is 7.30. The van der Waals surface area contributed by atoms with Gasteiger partial charge in [-0.25, -0.2) is 0 Å². The molecule has 4 N–H and O–H groups in total. The van der Waals surface area contributed by atoms with Crippen LogP contribution in [-0.2, 0) is 38.7 Å². The summed E-state index contributed by atoms with van der Waals surface area (Å²) in [6.45, 7) is 3.74. The Labute approximate surface area is 364 Å². The number of unbranched alkanes of at least 4 members (excludes halogenated alkanes) is 24. The molecule has 0 aromatic carbocycles. The van der Waals surface area contributed by atoms with Gasteiger partial charge in [-0.05, 0) is 44.9 Å². The molecule has 0 aliphatic carbocycles. The highest BCUT2D eigenvalue weighted by Gasteiger charge is 2.46. The summed E-state index contributed by atoms with van der Waals surface area (Å²) in [5, 5.41) is 30.9. The van der Waals surface area contributed by atoms with E-state index in [1.54, 1.807) is 0 Å². The van der Waals surface area contributed by atoms with Gasteiger partial charge in [0.05, 0.1) is 6.61 Å². The van der Waals surface area contributed by atoms with Gasteiger partial charge in [0.1, 0.15) is 36.8 Å². The fourth-order valence-corrected chi connectivity index (χ4v) is 7.99. The van der Waals surface area contributed by atoms with Crippen LogP contribution in [0.1, 0.15) is 206 Å². The highest BCUT2D eigenvalue weighted by molar-refractivity contribution is 7.85. The summed E-state index contributed by atoms with van der Waals surface area (Å²) in [7, 11) is -4.60. The van der Waals surface area contributed by atoms with Gasteiger partial charge in [0, 0.05) is 12.8 Å². The van der Waals surface area contributed by atoms with Crippen LogP contribution in [0.3, 0.4) is 0 Å². The van der Waals surface area contributed by atoms with Gasteiger partial charge >= 0.3 is 11.9 Å². The highest BCUT2D eigenvalue weighted by atomic mass is 32.2. The van der Waals surface area contributed by atoms with Gasteiger partial charge in [0.15, 0.2) is 12.4 Å². The third-order valence-corrected chi connectivity index (χ3v) is 11.8. The summed E-state index contributed by atoms with van der Waals surface area (Å²) in [5.74, 6) is -2.01. The Balaban J connectivity index is 2.43. The first-order valence-corrected chi connectivity index (χ1v) is 25.5. The minimum atomic E-state index is -4.60. The van der Waals surface area contributed by atoms with Crippen molar-refractivity contribution in [2.24, 2.45) is 0 Å². The summed E-state index contributed by atoms with van der Waals surface area (Å²) >= 11 is 0. The van der Waals surface area contributed by atoms with Crippen LogP contribution in [0.15, 0.2) is 24.3 Å². The molecule has 1 fully saturated rings. The zero-order valence-corrected chi connectivity index (χ0v) is 38.4. The number of hydrogen-bond donors (Lipinski definition) is 4. The monoisotopic (exact) mass is 875 g/mol. The van der Waals surface area contributed by atoms with E-state index in [1.165, 1.54) is 122 Å². The Hall–Kier alpha value is -1.87. The second kappa shape index (κ2) is 37.7. The van der Waals surface area contributed by atoms with E-state index < -0.39 is 71.2 Å². The number of esters is 2. The molecule has 1 heterocycles. The van der Waals surface area contributed by atoms with Gasteiger partial charge in [0.2, 0.25) is 0 Å². The number of aliphatic hydroxyl groups excluding tert-OH is 3. The van der Waals surface area contributed by atoms with Crippen LogP contribution in [0.2, 0.25) is 0 Å². The molecule has 2 unspecified atom stereocenters. The standard InChI is InChI=1S/C47H86O12S/c1-3-5-7-9-11-13-15-17-19-20-22-23-25-27-29-31-33-35-42(48)56-37-40(38-57-47-46(52)45(51)44(50)41(59-47)39-60(53,54)55)58-43(49)36-34-32-30-28-26-24-21-18-16-14-12-10-8-6-4-2/h18,21,26,28,40-41,44-47,50-52H,3-17,19-20,22-25,27,29-39H2,1-2H3,(H,53,54,55)/b21-18+,28-26+/t40-,41-,44-,45?,46?,47+/m1/s1. The number of carbonyl (C=O) groups is 2. The molecule has 352 valence electrons. The van der Waals surface area contributed by atoms with Crippen molar-refractivity contribution in [3.8, 4) is 0 Å². The Morgan fingerprint density at radius 1 is 0.567 bits per heavy atom. The fraction of sp³-hybridized carbons (Fsp3) is 0.872. The Morgan fingerprint density at radius 3 is 1.50 bits per heavy atom. The quantitative estimate of drug-likeness (QED) is 0.0198. The largest absolute Gasteiger partial charge is 0.462 e. The molecule has 6 atom stereocenters. The molecule has 0 bridgehead atoms. The number of hydrogen-bond acceptors (Lipinski definition) is 11. The average Bonchev–Trinajstić information content (AvgIpc) is 3.21. The average molecular weight is 875 g/mol. The van der Waals surface area contributed by atoms with Crippen LogP contribution in [0.4, 0.5) is 0 Å². The van der Waals surface area contributed by atoms with Crippen molar-refractivity contribution in [2.75, 3.05) is 19.0 Å². The molecular formula is C47H86O12S. The van der Waals surface area contributed by atoms with Gasteiger partial charge in [-0.1, -0.05) is 173 Å². The molecule has 13 heteroatoms. The third-order valence-electron chi connectivity index (χ3n) is 11.0. The number of ether oxygens (including phenoxy) is 4. The van der Waals surface area contributed by atoms with Gasteiger partial charge in [0.25, 0.3) is 10.1 Å². The van der Waals surface area contributed by atoms with Crippen molar-refractivity contribution in [1.82, 2.24) is 0 Å². The molecular weight excluding hydrogens is 789 g/mol. The lowest BCUT2D eigenvalue weighted by Gasteiger charge is -2.40. The molecule has 1 rings (SSSR count). The zero-order valence-electron chi connectivity index (χ0n) is 37.6. The molecule has 0 radical (unpaired) electrons. The number of allylic oxidation sites excluding steroid dienone is 4. The maximum Gasteiger partial charge on any atom is 0.306 e. The lowest BCUT2D eigenvalue weighted by Crippen LogP contribution is -2.60. The first-order valence-electron chi connectivity index (χ1n) is 23.9. The molecule has 1 aliphatic heterocycles. The Morgan fingerprint density at radius 2 is 1.00 bits per heavy atom. The second-order valence-corrected chi connectivity index (χ2v) is 18.3. The number of aliphatic hydroxyl groups is 3. The van der Waals surface area contributed by atoms with Gasteiger partial charge in [-0.2, -0.15) is 8.42 Å². The van der Waals surface area contributed by atoms with Crippen molar-refractivity contribution < 1.29 is 56.8 Å². The first kappa shape index (κ1) is 56.1. The van der Waals surface area contributed by atoms with Gasteiger partial charge < -0.3 is 34.3 Å². The van der Waals surface area contributed by atoms with Gasteiger partial charge in [-0.15, -0.1) is 0 Å². The van der Waals surface area contributed by atoms with Crippen LogP contribution in [0.5, 0.6) is 0 Å². The van der Waals surface area contributed by atoms with E-state index in [0.29, 0.717) is 12.8 Å². The minimum absolute atomic E-state index is 0.125. The normalized spacial score (nSPS) is 20.3. The maximum absolute atomic E-state index is 12.8. The molecule has 0 aromatic heterocycles. The van der Waals surface area contributed by atoms with E-state index in [4.69, 9.17) is 18.9 Å². The molecule has 1 aliphatic rings. The third kappa shape index (κ3) is 31.9. The van der Waals surface area contributed by atoms with Crippen LogP contribution < -0.4 is 0 Å². The number of carbonyl (C=O) groups excluding carboxylic acids is 2. The highest BCUT2D eigenvalue weighted by Crippen LogP contribution is 2.24. The smallest absolute Gasteiger partial charge is 0.306 e. The van der Waals surface area contributed by atoms with E-state index in [0.717, 1.165) is 44.9 Å². The van der Waals surface area contributed by atoms with Crippen LogP contribution in [0.25, 0.3) is 0 Å². The molecule has 0 amide bonds. The zero-order chi connectivity index (χ0) is 44.1. The summed E-state index contributed by atoms with van der Waals surface area (Å²) in [5.41, 5.74) is 0. The van der Waals surface area contributed by atoms with E-state index in [-0.39, 0.29) is 19.4 Å². The van der Waals surface area contributed by atoms with Crippen molar-refractivity contribution in [1.29, 1.82) is 0 Å². The summed E-state index contributed by atoms with van der Waals surface area (Å²) in [4.78, 5) is 25.4. The summed E-state index contributed by atoms with van der Waals surface area (Å²) in [6.07, 6.45) is 32.2. The molecule has 0 aromatic rings. The SMILES string of the molecule is CCCCCCCC/C=C/C/C=C/CCCCC(=O)O[C@H](COC(=O)CCCCCCCCCCCCCCCCCCC)CO[C@H]1O[C@H](CS(=O)(=O)O)[C@@H](O)C(O)C1O. The molecule has 60 heavy (non-hydrogen) atoms. The molecule has 12 nitrogen and oxygen atoms in total. The summed E-state index contributed by atoms with van der Waals surface area (Å²) in [6, 6.07) is 0. The minimum Gasteiger partial charge on any atom is -0.462 e. The number of rotatable bonds is 40. The first-order chi connectivity index (χ1) is 29.0. The predicted molar refractivity (Wildman–Crippen MR) is 238 cm³/mol. The lowest BCUT2D eigenvalue weighted by molar-refractivity contribution is -0.297. The summed E-state index contributed by atoms with van der Waals surface area (Å²) < 4.78 is 54.1.